The van der Waals surface area contributed by atoms with Crippen molar-refractivity contribution in [2.75, 3.05) is 5.73 Å². The van der Waals surface area contributed by atoms with Crippen molar-refractivity contribution in [3.05, 3.63) is 52.8 Å². The van der Waals surface area contributed by atoms with Crippen LogP contribution in [0.25, 0.3) is 0 Å². The van der Waals surface area contributed by atoms with E-state index in [4.69, 9.17) is 17.3 Å². The van der Waals surface area contributed by atoms with Crippen LogP contribution in [0, 0.1) is 6.92 Å². The highest BCUT2D eigenvalue weighted by Gasteiger charge is 2.18. The van der Waals surface area contributed by atoms with Crippen molar-refractivity contribution in [2.24, 2.45) is 0 Å². The van der Waals surface area contributed by atoms with Crippen molar-refractivity contribution in [3.8, 4) is 0 Å². The summed E-state index contributed by atoms with van der Waals surface area (Å²) >= 11 is 5.76. The van der Waals surface area contributed by atoms with Crippen LogP contribution in [0.4, 0.5) is 5.69 Å². The van der Waals surface area contributed by atoms with Crippen molar-refractivity contribution < 1.29 is 8.42 Å². The van der Waals surface area contributed by atoms with Gasteiger partial charge in [-0.05, 0) is 36.2 Å². The highest BCUT2D eigenvalue weighted by atomic mass is 35.5. The van der Waals surface area contributed by atoms with Gasteiger partial charge >= 0.3 is 0 Å². The zero-order chi connectivity index (χ0) is 14.0. The molecule has 2 rings (SSSR count). The molecule has 0 saturated carbocycles. The number of nitrogens with two attached hydrogens (primary N) is 1. The average molecular weight is 297 g/mol. The van der Waals surface area contributed by atoms with Gasteiger partial charge in [-0.3, -0.25) is 4.98 Å². The van der Waals surface area contributed by atoms with Gasteiger partial charge in [0.2, 0.25) is 0 Å². The fourth-order valence-electron chi connectivity index (χ4n) is 1.80. The molecule has 0 atom stereocenters. The highest BCUT2D eigenvalue weighted by molar-refractivity contribution is 7.90. The molecule has 1 heterocycles. The Kier molecular flexibility index (Phi) is 3.78. The monoisotopic (exact) mass is 296 g/mol. The number of nitrogen functional groups attached to an aromatic ring is 1. The largest absolute Gasteiger partial charge is 0.398 e. The van der Waals surface area contributed by atoms with E-state index in [1.165, 1.54) is 24.4 Å². The predicted octanol–water partition coefficient (Wildman–Crippen LogP) is 2.60. The number of anilines is 1. The molecule has 2 N–H and O–H groups in total. The molecule has 4 nitrogen and oxygen atoms in total. The lowest BCUT2D eigenvalue weighted by molar-refractivity contribution is 0.595. The fourth-order valence-corrected chi connectivity index (χ4v) is 3.42. The lowest BCUT2D eigenvalue weighted by Crippen LogP contribution is -2.08. The molecule has 2 aromatic rings. The molecule has 0 saturated heterocycles. The van der Waals surface area contributed by atoms with E-state index in [9.17, 15) is 8.42 Å². The molecule has 0 aliphatic rings. The first-order valence-electron chi connectivity index (χ1n) is 5.57. The molecular formula is C13H13ClN2O2S. The van der Waals surface area contributed by atoms with Gasteiger partial charge in [0.05, 0.1) is 16.3 Å². The maximum absolute atomic E-state index is 12.3. The van der Waals surface area contributed by atoms with E-state index >= 15 is 0 Å². The number of aromatic nitrogens is 1. The third kappa shape index (κ3) is 3.24. The van der Waals surface area contributed by atoms with Crippen LogP contribution in [0.3, 0.4) is 0 Å². The number of benzene rings is 1. The molecule has 0 aliphatic heterocycles. The molecule has 0 aliphatic carbocycles. The minimum atomic E-state index is -3.50. The van der Waals surface area contributed by atoms with Crippen LogP contribution in [0.1, 0.15) is 11.1 Å². The maximum Gasteiger partial charge on any atom is 0.184 e. The summed E-state index contributed by atoms with van der Waals surface area (Å²) in [7, 11) is -3.50. The number of aryl methyl sites for hydroxylation is 1. The second-order valence-electron chi connectivity index (χ2n) is 4.31. The first-order valence-corrected chi connectivity index (χ1v) is 7.60. The molecule has 100 valence electrons. The number of rotatable bonds is 3. The quantitative estimate of drug-likeness (QED) is 0.884. The summed E-state index contributed by atoms with van der Waals surface area (Å²) in [5.74, 6) is -0.131. The van der Waals surface area contributed by atoms with E-state index in [0.29, 0.717) is 10.6 Å². The topological polar surface area (TPSA) is 73.0 Å². The molecule has 0 spiro atoms. The average Bonchev–Trinajstić information content (AvgIpc) is 2.27. The Balaban J connectivity index is 2.38. The van der Waals surface area contributed by atoms with Crippen LogP contribution in [0.2, 0.25) is 5.02 Å². The van der Waals surface area contributed by atoms with E-state index in [1.54, 1.807) is 12.3 Å². The zero-order valence-corrected chi connectivity index (χ0v) is 11.9. The standard InChI is InChI=1S/C13H13ClN2O2S/c1-9-4-10(7-16-6-9)8-19(17,18)13-3-2-11(14)5-12(13)15/h2-7H,8,15H2,1H3. The molecule has 6 heteroatoms. The Bertz CT molecular complexity index is 714. The lowest BCUT2D eigenvalue weighted by Gasteiger charge is -2.08. The van der Waals surface area contributed by atoms with Gasteiger partial charge in [0, 0.05) is 17.4 Å². The van der Waals surface area contributed by atoms with E-state index in [2.05, 4.69) is 4.98 Å². The van der Waals surface area contributed by atoms with Crippen LogP contribution in [0.5, 0.6) is 0 Å². The normalized spacial score (nSPS) is 11.5. The van der Waals surface area contributed by atoms with Gasteiger partial charge in [-0.1, -0.05) is 17.7 Å². The van der Waals surface area contributed by atoms with Crippen LogP contribution >= 0.6 is 11.6 Å². The molecule has 0 bridgehead atoms. The minimum absolute atomic E-state index is 0.0957. The van der Waals surface area contributed by atoms with Crippen molar-refractivity contribution in [1.82, 2.24) is 4.98 Å². The lowest BCUT2D eigenvalue weighted by atomic mass is 10.2. The van der Waals surface area contributed by atoms with Gasteiger partial charge in [-0.25, -0.2) is 8.42 Å². The number of pyridine rings is 1. The van der Waals surface area contributed by atoms with Crippen molar-refractivity contribution in [1.29, 1.82) is 0 Å². The summed E-state index contributed by atoms with van der Waals surface area (Å²) in [6, 6.07) is 6.16. The van der Waals surface area contributed by atoms with Crippen LogP contribution < -0.4 is 5.73 Å². The molecule has 0 fully saturated rings. The molecule has 0 unspecified atom stereocenters. The number of halogens is 1. The van der Waals surface area contributed by atoms with E-state index in [-0.39, 0.29) is 16.3 Å². The molecule has 1 aromatic heterocycles. The number of hydrogen-bond donors (Lipinski definition) is 1. The Morgan fingerprint density at radius 2 is 2.00 bits per heavy atom. The van der Waals surface area contributed by atoms with Crippen molar-refractivity contribution >= 4 is 27.1 Å². The second-order valence-corrected chi connectivity index (χ2v) is 6.71. The van der Waals surface area contributed by atoms with Gasteiger partial charge in [-0.2, -0.15) is 0 Å². The Labute approximate surface area is 117 Å². The Morgan fingerprint density at radius 3 is 2.63 bits per heavy atom. The maximum atomic E-state index is 12.3. The number of hydrogen-bond acceptors (Lipinski definition) is 4. The van der Waals surface area contributed by atoms with Crippen molar-refractivity contribution in [3.63, 3.8) is 0 Å². The molecule has 1 aromatic carbocycles. The molecule has 0 radical (unpaired) electrons. The SMILES string of the molecule is Cc1cncc(CS(=O)(=O)c2ccc(Cl)cc2N)c1. The van der Waals surface area contributed by atoms with Gasteiger partial charge < -0.3 is 5.73 Å². The molecule has 0 amide bonds. The summed E-state index contributed by atoms with van der Waals surface area (Å²) in [5, 5.41) is 0.411. The van der Waals surface area contributed by atoms with E-state index in [0.717, 1.165) is 5.56 Å². The predicted molar refractivity (Wildman–Crippen MR) is 75.7 cm³/mol. The number of sulfone groups is 1. The third-order valence-electron chi connectivity index (χ3n) is 2.60. The summed E-state index contributed by atoms with van der Waals surface area (Å²) in [4.78, 5) is 4.08. The summed E-state index contributed by atoms with van der Waals surface area (Å²) in [6.07, 6.45) is 3.21. The Morgan fingerprint density at radius 1 is 1.26 bits per heavy atom. The third-order valence-corrected chi connectivity index (χ3v) is 4.59. The van der Waals surface area contributed by atoms with Gasteiger partial charge in [0.25, 0.3) is 0 Å². The molecular weight excluding hydrogens is 284 g/mol. The first-order chi connectivity index (χ1) is 8.88. The Hall–Kier alpha value is -1.59. The highest BCUT2D eigenvalue weighted by Crippen LogP contribution is 2.25. The van der Waals surface area contributed by atoms with E-state index in [1.807, 2.05) is 6.92 Å². The van der Waals surface area contributed by atoms with Gasteiger partial charge in [0.15, 0.2) is 9.84 Å². The van der Waals surface area contributed by atoms with Gasteiger partial charge in [0.1, 0.15) is 0 Å². The zero-order valence-electron chi connectivity index (χ0n) is 10.3. The minimum Gasteiger partial charge on any atom is -0.398 e. The first kappa shape index (κ1) is 13.8. The van der Waals surface area contributed by atoms with Crippen LogP contribution in [0.15, 0.2) is 41.6 Å². The summed E-state index contributed by atoms with van der Waals surface area (Å²) in [6.45, 7) is 1.86. The second kappa shape index (κ2) is 5.19. The van der Waals surface area contributed by atoms with Crippen LogP contribution in [-0.4, -0.2) is 13.4 Å². The smallest absolute Gasteiger partial charge is 0.184 e. The number of nitrogens with zero attached hydrogens (tertiary/aromatic N) is 1. The van der Waals surface area contributed by atoms with Crippen molar-refractivity contribution in [2.45, 2.75) is 17.6 Å². The summed E-state index contributed by atoms with van der Waals surface area (Å²) in [5.41, 5.74) is 7.42. The van der Waals surface area contributed by atoms with Gasteiger partial charge in [-0.15, -0.1) is 0 Å². The van der Waals surface area contributed by atoms with E-state index < -0.39 is 9.84 Å². The molecule has 19 heavy (non-hydrogen) atoms. The fraction of sp³-hybridized carbons (Fsp3) is 0.154. The summed E-state index contributed by atoms with van der Waals surface area (Å²) < 4.78 is 24.6. The van der Waals surface area contributed by atoms with Crippen LogP contribution in [-0.2, 0) is 15.6 Å².